The van der Waals surface area contributed by atoms with Crippen LogP contribution in [0.2, 0.25) is 0 Å². The minimum Gasteiger partial charge on any atom is -0.385 e. The van der Waals surface area contributed by atoms with Gasteiger partial charge in [0.2, 0.25) is 5.91 Å². The highest BCUT2D eigenvalue weighted by Crippen LogP contribution is 2.08. The first-order chi connectivity index (χ1) is 12.5. The van der Waals surface area contributed by atoms with Crippen LogP contribution in [0.1, 0.15) is 13.3 Å². The third-order valence-corrected chi connectivity index (χ3v) is 3.51. The van der Waals surface area contributed by atoms with Gasteiger partial charge in [0.05, 0.1) is 0 Å². The number of halogens is 1. The quantitative estimate of drug-likeness (QED) is 0.312. The average molecular weight is 367 g/mol. The zero-order chi connectivity index (χ0) is 19.2. The maximum Gasteiger partial charge on any atom is 0.246 e. The Hall–Kier alpha value is -2.19. The molecule has 0 saturated heterocycles. The van der Waals surface area contributed by atoms with Crippen molar-refractivity contribution in [2.45, 2.75) is 13.3 Å². The van der Waals surface area contributed by atoms with Gasteiger partial charge in [0.15, 0.2) is 5.96 Å². The number of carbonyl (C=O) groups excluding carboxylic acids is 1. The van der Waals surface area contributed by atoms with Crippen molar-refractivity contribution in [3.05, 3.63) is 30.1 Å². The second kappa shape index (κ2) is 13.1. The molecule has 26 heavy (non-hydrogen) atoms. The first kappa shape index (κ1) is 21.9. The molecule has 0 saturated carbocycles. The van der Waals surface area contributed by atoms with E-state index in [-0.39, 0.29) is 12.5 Å². The van der Waals surface area contributed by atoms with Crippen molar-refractivity contribution in [2.75, 3.05) is 58.8 Å². The molecule has 8 heteroatoms. The molecular weight excluding hydrogens is 337 g/mol. The number of carbonyl (C=O) groups is 1. The van der Waals surface area contributed by atoms with Crippen LogP contribution in [0.15, 0.2) is 29.3 Å². The van der Waals surface area contributed by atoms with Crippen LogP contribution in [0, 0.1) is 5.82 Å². The second-order valence-electron chi connectivity index (χ2n) is 5.83. The second-order valence-corrected chi connectivity index (χ2v) is 5.83. The number of methoxy groups -OCH3 is 1. The molecule has 1 aromatic rings. The number of hydrogen-bond acceptors (Lipinski definition) is 4. The molecule has 7 nitrogen and oxygen atoms in total. The highest BCUT2D eigenvalue weighted by molar-refractivity contribution is 5.94. The summed E-state index contributed by atoms with van der Waals surface area (Å²) in [5, 5.41) is 8.92. The van der Waals surface area contributed by atoms with Crippen LogP contribution in [0.5, 0.6) is 0 Å². The van der Waals surface area contributed by atoms with Crippen molar-refractivity contribution in [2.24, 2.45) is 4.99 Å². The lowest BCUT2D eigenvalue weighted by Crippen LogP contribution is -2.41. The number of anilines is 1. The summed E-state index contributed by atoms with van der Waals surface area (Å²) in [5.41, 5.74) is 0.417. The van der Waals surface area contributed by atoms with Crippen LogP contribution in [-0.4, -0.2) is 70.3 Å². The number of hydrogen-bond donors (Lipinski definition) is 3. The van der Waals surface area contributed by atoms with Gasteiger partial charge in [-0.1, -0.05) is 6.07 Å². The maximum absolute atomic E-state index is 13.1. The van der Waals surface area contributed by atoms with E-state index in [0.717, 1.165) is 26.1 Å². The number of rotatable bonds is 11. The Labute approximate surface area is 155 Å². The summed E-state index contributed by atoms with van der Waals surface area (Å²) in [4.78, 5) is 18.4. The molecule has 146 valence electrons. The summed E-state index contributed by atoms with van der Waals surface area (Å²) in [6.07, 6.45) is 0.988. The SMILES string of the molecule is CCNC(=NCC(=O)Nc1cccc(F)c1)NCCN(C)CCCOC. The molecule has 0 spiro atoms. The van der Waals surface area contributed by atoms with E-state index in [0.29, 0.717) is 24.7 Å². The normalized spacial score (nSPS) is 11.5. The van der Waals surface area contributed by atoms with Crippen molar-refractivity contribution in [3.8, 4) is 0 Å². The Bertz CT molecular complexity index is 568. The monoisotopic (exact) mass is 367 g/mol. The molecule has 0 aliphatic rings. The molecule has 0 aliphatic carbocycles. The maximum atomic E-state index is 13.1. The van der Waals surface area contributed by atoms with Gasteiger partial charge in [0, 0.05) is 45.6 Å². The number of nitrogens with one attached hydrogen (secondary N) is 3. The van der Waals surface area contributed by atoms with Crippen molar-refractivity contribution < 1.29 is 13.9 Å². The highest BCUT2D eigenvalue weighted by atomic mass is 19.1. The van der Waals surface area contributed by atoms with E-state index in [1.54, 1.807) is 19.2 Å². The molecule has 1 aromatic carbocycles. The zero-order valence-corrected chi connectivity index (χ0v) is 15.8. The Morgan fingerprint density at radius 3 is 2.81 bits per heavy atom. The van der Waals surface area contributed by atoms with Gasteiger partial charge >= 0.3 is 0 Å². The Balaban J connectivity index is 2.38. The molecule has 0 bridgehead atoms. The largest absolute Gasteiger partial charge is 0.385 e. The van der Waals surface area contributed by atoms with Gasteiger partial charge < -0.3 is 25.6 Å². The molecule has 3 N–H and O–H groups in total. The van der Waals surface area contributed by atoms with Gasteiger partial charge in [-0.15, -0.1) is 0 Å². The number of aliphatic imine (C=N–C) groups is 1. The van der Waals surface area contributed by atoms with Crippen molar-refractivity contribution in [1.82, 2.24) is 15.5 Å². The summed E-state index contributed by atoms with van der Waals surface area (Å²) in [7, 11) is 3.75. The van der Waals surface area contributed by atoms with Gasteiger partial charge in [-0.2, -0.15) is 0 Å². The van der Waals surface area contributed by atoms with E-state index >= 15 is 0 Å². The molecule has 0 aliphatic heterocycles. The zero-order valence-electron chi connectivity index (χ0n) is 15.8. The number of guanidine groups is 1. The van der Waals surface area contributed by atoms with E-state index in [4.69, 9.17) is 4.74 Å². The van der Waals surface area contributed by atoms with Gasteiger partial charge in [-0.05, 0) is 38.6 Å². The first-order valence-electron chi connectivity index (χ1n) is 8.80. The van der Waals surface area contributed by atoms with Crippen LogP contribution in [0.3, 0.4) is 0 Å². The van der Waals surface area contributed by atoms with E-state index in [1.807, 2.05) is 14.0 Å². The van der Waals surface area contributed by atoms with Crippen LogP contribution in [0.25, 0.3) is 0 Å². The fourth-order valence-corrected chi connectivity index (χ4v) is 2.22. The molecule has 0 fully saturated rings. The van der Waals surface area contributed by atoms with Crippen LogP contribution < -0.4 is 16.0 Å². The van der Waals surface area contributed by atoms with Gasteiger partial charge in [0.1, 0.15) is 12.4 Å². The molecule has 1 rings (SSSR count). The number of nitrogens with zero attached hydrogens (tertiary/aromatic N) is 2. The number of ether oxygens (including phenoxy) is 1. The van der Waals surface area contributed by atoms with Crippen LogP contribution in [0.4, 0.5) is 10.1 Å². The van der Waals surface area contributed by atoms with E-state index < -0.39 is 5.82 Å². The third kappa shape index (κ3) is 9.95. The summed E-state index contributed by atoms with van der Waals surface area (Å²) in [5.74, 6) is -0.118. The standard InChI is InChI=1S/C18H30FN5O2/c1-4-20-18(21-9-11-24(2)10-6-12-26-3)22-14-17(25)23-16-8-5-7-15(19)13-16/h5,7-8,13H,4,6,9-12,14H2,1-3H3,(H,23,25)(H2,20,21,22). The van der Waals surface area contributed by atoms with Crippen LogP contribution in [-0.2, 0) is 9.53 Å². The van der Waals surface area contributed by atoms with Gasteiger partial charge in [-0.3, -0.25) is 4.79 Å². The van der Waals surface area contributed by atoms with Crippen molar-refractivity contribution in [3.63, 3.8) is 0 Å². The molecular formula is C18H30FN5O2. The molecule has 1 amide bonds. The average Bonchev–Trinajstić information content (AvgIpc) is 2.60. The van der Waals surface area contributed by atoms with Gasteiger partial charge in [0.25, 0.3) is 0 Å². The first-order valence-corrected chi connectivity index (χ1v) is 8.80. The topological polar surface area (TPSA) is 78.0 Å². The van der Waals surface area contributed by atoms with Crippen molar-refractivity contribution >= 4 is 17.6 Å². The number of likely N-dealkylation sites (N-methyl/N-ethyl adjacent to an activating group) is 1. The molecule has 0 aromatic heterocycles. The molecule has 0 radical (unpaired) electrons. The Morgan fingerprint density at radius 2 is 2.12 bits per heavy atom. The molecule has 0 unspecified atom stereocenters. The van der Waals surface area contributed by atoms with Crippen molar-refractivity contribution in [1.29, 1.82) is 0 Å². The molecule has 0 atom stereocenters. The minimum absolute atomic E-state index is 0.0461. The summed E-state index contributed by atoms with van der Waals surface area (Å²) >= 11 is 0. The third-order valence-electron chi connectivity index (χ3n) is 3.51. The fourth-order valence-electron chi connectivity index (χ4n) is 2.22. The minimum atomic E-state index is -0.393. The van der Waals surface area contributed by atoms with E-state index in [1.165, 1.54) is 12.1 Å². The van der Waals surface area contributed by atoms with Gasteiger partial charge in [-0.25, -0.2) is 9.38 Å². The molecule has 0 heterocycles. The smallest absolute Gasteiger partial charge is 0.246 e. The summed E-state index contributed by atoms with van der Waals surface area (Å²) < 4.78 is 18.2. The predicted molar refractivity (Wildman–Crippen MR) is 103 cm³/mol. The lowest BCUT2D eigenvalue weighted by atomic mass is 10.3. The number of amides is 1. The summed E-state index contributed by atoms with van der Waals surface area (Å²) in [6.45, 7) is 5.88. The predicted octanol–water partition coefficient (Wildman–Crippen LogP) is 1.29. The fraction of sp³-hybridized carbons (Fsp3) is 0.556. The van der Waals surface area contributed by atoms with E-state index in [2.05, 4.69) is 25.8 Å². The Kier molecular flexibility index (Phi) is 11.0. The van der Waals surface area contributed by atoms with E-state index in [9.17, 15) is 9.18 Å². The lowest BCUT2D eigenvalue weighted by molar-refractivity contribution is -0.114. The Morgan fingerprint density at radius 1 is 1.31 bits per heavy atom. The van der Waals surface area contributed by atoms with Crippen LogP contribution >= 0.6 is 0 Å². The summed E-state index contributed by atoms with van der Waals surface area (Å²) in [6, 6.07) is 5.77. The lowest BCUT2D eigenvalue weighted by Gasteiger charge is -2.18. The highest BCUT2D eigenvalue weighted by Gasteiger charge is 2.04. The number of benzene rings is 1.